The SMILES string of the molecule is Cc1cc(C(N)Cc2ncnn2C(C)C)c(C)nn1. The number of hydrogen-bond donors (Lipinski definition) is 1. The van der Waals surface area contributed by atoms with Crippen LogP contribution in [0.5, 0.6) is 0 Å². The molecule has 6 heteroatoms. The van der Waals surface area contributed by atoms with Crippen LogP contribution in [0, 0.1) is 13.8 Å². The van der Waals surface area contributed by atoms with Crippen molar-refractivity contribution in [3.05, 3.63) is 35.2 Å². The highest BCUT2D eigenvalue weighted by Crippen LogP contribution is 2.18. The van der Waals surface area contributed by atoms with Gasteiger partial charge >= 0.3 is 0 Å². The van der Waals surface area contributed by atoms with Crippen LogP contribution in [-0.4, -0.2) is 25.0 Å². The third kappa shape index (κ3) is 2.96. The molecule has 0 bridgehead atoms. The summed E-state index contributed by atoms with van der Waals surface area (Å²) in [6, 6.07) is 2.13. The van der Waals surface area contributed by atoms with Crippen molar-refractivity contribution in [3.8, 4) is 0 Å². The molecule has 2 aromatic heterocycles. The van der Waals surface area contributed by atoms with Gasteiger partial charge in [-0.3, -0.25) is 0 Å². The van der Waals surface area contributed by atoms with Gasteiger partial charge in [-0.25, -0.2) is 9.67 Å². The molecule has 0 fully saturated rings. The largest absolute Gasteiger partial charge is 0.324 e. The Hall–Kier alpha value is -1.82. The van der Waals surface area contributed by atoms with Crippen molar-refractivity contribution in [1.82, 2.24) is 25.0 Å². The van der Waals surface area contributed by atoms with Crippen LogP contribution in [0.15, 0.2) is 12.4 Å². The first kappa shape index (κ1) is 13.6. The Labute approximate surface area is 113 Å². The summed E-state index contributed by atoms with van der Waals surface area (Å²) in [4.78, 5) is 4.29. The van der Waals surface area contributed by atoms with Crippen LogP contribution in [0.25, 0.3) is 0 Å². The molecule has 0 aromatic carbocycles. The lowest BCUT2D eigenvalue weighted by molar-refractivity contribution is 0.492. The molecule has 2 N–H and O–H groups in total. The highest BCUT2D eigenvalue weighted by Gasteiger charge is 2.16. The Morgan fingerprint density at radius 1 is 1.26 bits per heavy atom. The lowest BCUT2D eigenvalue weighted by Gasteiger charge is -2.15. The van der Waals surface area contributed by atoms with Gasteiger partial charge in [-0.1, -0.05) is 0 Å². The Morgan fingerprint density at radius 2 is 2.00 bits per heavy atom. The van der Waals surface area contributed by atoms with Gasteiger partial charge in [0.25, 0.3) is 0 Å². The number of nitrogens with zero attached hydrogens (tertiary/aromatic N) is 5. The minimum Gasteiger partial charge on any atom is -0.324 e. The van der Waals surface area contributed by atoms with Gasteiger partial charge in [0.15, 0.2) is 0 Å². The number of aromatic nitrogens is 5. The molecule has 0 spiro atoms. The normalized spacial score (nSPS) is 12.9. The van der Waals surface area contributed by atoms with Gasteiger partial charge in [-0.05, 0) is 39.3 Å². The molecule has 102 valence electrons. The predicted molar refractivity (Wildman–Crippen MR) is 72.5 cm³/mol. The first-order chi connectivity index (χ1) is 8.99. The van der Waals surface area contributed by atoms with Gasteiger partial charge in [0, 0.05) is 18.5 Å². The molecule has 0 aliphatic rings. The minimum atomic E-state index is -0.143. The molecule has 1 unspecified atom stereocenters. The van der Waals surface area contributed by atoms with Crippen molar-refractivity contribution in [2.75, 3.05) is 0 Å². The van der Waals surface area contributed by atoms with Crippen LogP contribution in [0.3, 0.4) is 0 Å². The Kier molecular flexibility index (Phi) is 3.90. The molecule has 0 saturated carbocycles. The van der Waals surface area contributed by atoms with Crippen molar-refractivity contribution >= 4 is 0 Å². The third-order valence-corrected chi connectivity index (χ3v) is 3.08. The molecule has 0 aliphatic heterocycles. The minimum absolute atomic E-state index is 0.143. The van der Waals surface area contributed by atoms with Crippen molar-refractivity contribution in [2.45, 2.75) is 46.2 Å². The average Bonchev–Trinajstić information content (AvgIpc) is 2.80. The van der Waals surface area contributed by atoms with Crippen LogP contribution >= 0.6 is 0 Å². The molecule has 2 rings (SSSR count). The number of hydrogen-bond acceptors (Lipinski definition) is 5. The van der Waals surface area contributed by atoms with Gasteiger partial charge in [-0.15, -0.1) is 0 Å². The smallest absolute Gasteiger partial charge is 0.138 e. The second-order valence-corrected chi connectivity index (χ2v) is 5.05. The number of rotatable bonds is 4. The molecular formula is C13H20N6. The molecule has 6 nitrogen and oxygen atoms in total. The first-order valence-electron chi connectivity index (χ1n) is 6.43. The monoisotopic (exact) mass is 260 g/mol. The van der Waals surface area contributed by atoms with E-state index in [-0.39, 0.29) is 12.1 Å². The maximum absolute atomic E-state index is 6.28. The van der Waals surface area contributed by atoms with Gasteiger partial charge in [0.2, 0.25) is 0 Å². The standard InChI is InChI=1S/C13H20N6/c1-8(2)19-13(15-7-16-19)6-12(14)11-5-9(3)17-18-10(11)4/h5,7-8,12H,6,14H2,1-4H3. The lowest BCUT2D eigenvalue weighted by Crippen LogP contribution is -2.19. The molecule has 2 heterocycles. The summed E-state index contributed by atoms with van der Waals surface area (Å²) >= 11 is 0. The Morgan fingerprint density at radius 3 is 2.68 bits per heavy atom. The fraction of sp³-hybridized carbons (Fsp3) is 0.538. The van der Waals surface area contributed by atoms with Crippen LogP contribution in [0.1, 0.15) is 48.7 Å². The zero-order valence-corrected chi connectivity index (χ0v) is 11.8. The summed E-state index contributed by atoms with van der Waals surface area (Å²) in [6.45, 7) is 7.99. The number of aryl methyl sites for hydroxylation is 2. The molecule has 19 heavy (non-hydrogen) atoms. The van der Waals surface area contributed by atoms with Crippen LogP contribution in [0.2, 0.25) is 0 Å². The summed E-state index contributed by atoms with van der Waals surface area (Å²) in [5.41, 5.74) is 9.04. The van der Waals surface area contributed by atoms with Crippen molar-refractivity contribution < 1.29 is 0 Å². The van der Waals surface area contributed by atoms with E-state index in [4.69, 9.17) is 5.73 Å². The quantitative estimate of drug-likeness (QED) is 0.901. The molecular weight excluding hydrogens is 240 g/mol. The van der Waals surface area contributed by atoms with Crippen molar-refractivity contribution in [1.29, 1.82) is 0 Å². The second kappa shape index (κ2) is 5.44. The van der Waals surface area contributed by atoms with E-state index in [1.165, 1.54) is 0 Å². The van der Waals surface area contributed by atoms with E-state index < -0.39 is 0 Å². The maximum atomic E-state index is 6.28. The topological polar surface area (TPSA) is 82.5 Å². The van der Waals surface area contributed by atoms with Gasteiger partial charge < -0.3 is 5.73 Å². The maximum Gasteiger partial charge on any atom is 0.138 e. The fourth-order valence-electron chi connectivity index (χ4n) is 2.10. The van der Waals surface area contributed by atoms with Gasteiger partial charge in [0.1, 0.15) is 12.2 Å². The highest BCUT2D eigenvalue weighted by molar-refractivity contribution is 5.24. The van der Waals surface area contributed by atoms with E-state index in [1.54, 1.807) is 6.33 Å². The summed E-state index contributed by atoms with van der Waals surface area (Å²) in [5, 5.41) is 12.4. The summed E-state index contributed by atoms with van der Waals surface area (Å²) in [7, 11) is 0. The first-order valence-corrected chi connectivity index (χ1v) is 6.43. The van der Waals surface area contributed by atoms with Crippen LogP contribution < -0.4 is 5.73 Å². The fourth-order valence-corrected chi connectivity index (χ4v) is 2.10. The second-order valence-electron chi connectivity index (χ2n) is 5.05. The predicted octanol–water partition coefficient (Wildman–Crippen LogP) is 1.51. The molecule has 0 amide bonds. The van der Waals surface area contributed by atoms with Gasteiger partial charge in [-0.2, -0.15) is 15.3 Å². The van der Waals surface area contributed by atoms with Crippen molar-refractivity contribution in [3.63, 3.8) is 0 Å². The van der Waals surface area contributed by atoms with Gasteiger partial charge in [0.05, 0.1) is 11.4 Å². The van der Waals surface area contributed by atoms with E-state index in [1.807, 2.05) is 24.6 Å². The van der Waals surface area contributed by atoms with E-state index in [2.05, 4.69) is 34.1 Å². The number of nitrogens with two attached hydrogens (primary N) is 1. The average molecular weight is 260 g/mol. The molecule has 1 atom stereocenters. The molecule has 0 saturated heterocycles. The van der Waals surface area contributed by atoms with E-state index >= 15 is 0 Å². The zero-order valence-electron chi connectivity index (χ0n) is 11.8. The highest BCUT2D eigenvalue weighted by atomic mass is 15.3. The summed E-state index contributed by atoms with van der Waals surface area (Å²) in [5.74, 6) is 0.899. The molecule has 0 radical (unpaired) electrons. The van der Waals surface area contributed by atoms with E-state index in [9.17, 15) is 0 Å². The Balaban J connectivity index is 2.23. The van der Waals surface area contributed by atoms with Crippen molar-refractivity contribution in [2.24, 2.45) is 5.73 Å². The Bertz CT molecular complexity index is 560. The lowest BCUT2D eigenvalue weighted by atomic mass is 10.0. The summed E-state index contributed by atoms with van der Waals surface area (Å²) < 4.78 is 1.90. The summed E-state index contributed by atoms with van der Waals surface area (Å²) in [6.07, 6.45) is 2.22. The molecule has 2 aromatic rings. The van der Waals surface area contributed by atoms with E-state index in [0.717, 1.165) is 22.8 Å². The van der Waals surface area contributed by atoms with Crippen LogP contribution in [0.4, 0.5) is 0 Å². The third-order valence-electron chi connectivity index (χ3n) is 3.08. The van der Waals surface area contributed by atoms with Crippen LogP contribution in [-0.2, 0) is 6.42 Å². The zero-order chi connectivity index (χ0) is 14.0. The van der Waals surface area contributed by atoms with E-state index in [0.29, 0.717) is 6.42 Å². The molecule has 0 aliphatic carbocycles.